The summed E-state index contributed by atoms with van der Waals surface area (Å²) in [5.74, 6) is -0.431. The molecule has 2 aromatic rings. The Morgan fingerprint density at radius 1 is 0.473 bits per heavy atom. The zero-order chi connectivity index (χ0) is 38.9. The smallest absolute Gasteiger partial charge is 0.407 e. The first-order valence-corrected chi connectivity index (χ1v) is 18.9. The fourth-order valence-corrected chi connectivity index (χ4v) is 5.22. The molecule has 3 rings (SSSR count). The van der Waals surface area contributed by atoms with E-state index in [-0.39, 0.29) is 19.1 Å². The fourth-order valence-electron chi connectivity index (χ4n) is 5.22. The molecule has 0 bridgehead atoms. The van der Waals surface area contributed by atoms with Crippen molar-refractivity contribution in [3.05, 3.63) is 72.3 Å². The summed E-state index contributed by atoms with van der Waals surface area (Å²) >= 11 is 0. The van der Waals surface area contributed by atoms with Crippen LogP contribution >= 0.6 is 0 Å². The van der Waals surface area contributed by atoms with Crippen LogP contribution in [-0.2, 0) is 61.6 Å². The Bertz CT molecular complexity index is 1250. The van der Waals surface area contributed by atoms with Crippen molar-refractivity contribution in [1.29, 1.82) is 0 Å². The van der Waals surface area contributed by atoms with E-state index < -0.39 is 12.1 Å². The van der Waals surface area contributed by atoms with E-state index in [1.54, 1.807) is 0 Å². The maximum absolute atomic E-state index is 12.2. The molecule has 0 unspecified atom stereocenters. The highest BCUT2D eigenvalue weighted by Gasteiger charge is 2.28. The van der Waals surface area contributed by atoms with E-state index in [0.717, 1.165) is 6.08 Å². The summed E-state index contributed by atoms with van der Waals surface area (Å²) in [4.78, 5) is 23.1. The topological polar surface area (TPSA) is 157 Å². The number of esters is 1. The molecule has 0 atom stereocenters. The number of benzene rings is 2. The monoisotopic (exact) mass is 777 g/mol. The van der Waals surface area contributed by atoms with Crippen molar-refractivity contribution in [2.45, 2.75) is 5.92 Å². The number of carbonyl (C=O) groups is 2. The number of alkyl carbamates (subject to hydrolysis) is 1. The van der Waals surface area contributed by atoms with E-state index >= 15 is 0 Å². The third kappa shape index (κ3) is 21.4. The van der Waals surface area contributed by atoms with E-state index in [1.807, 2.05) is 24.3 Å². The average Bonchev–Trinajstić information content (AvgIpc) is 3.53. The fraction of sp³-hybridized carbons (Fsp3) is 0.600. The van der Waals surface area contributed by atoms with Gasteiger partial charge in [0, 0.05) is 18.5 Å². The molecule has 1 amide bonds. The summed E-state index contributed by atoms with van der Waals surface area (Å²) in [5.41, 5.74) is 4.76. The SMILES string of the molecule is C=CC(=O)OCCOCCOCCOCCOCCOCCOCCOCCOCCOCCOCCNC(=O)OCC1c2ccccc2-c2ccccc21. The van der Waals surface area contributed by atoms with Gasteiger partial charge in [0.1, 0.15) is 13.2 Å². The van der Waals surface area contributed by atoms with Gasteiger partial charge in [-0.05, 0) is 22.3 Å². The molecule has 0 heterocycles. The maximum Gasteiger partial charge on any atom is 0.407 e. The van der Waals surface area contributed by atoms with Crippen molar-refractivity contribution in [2.75, 3.05) is 152 Å². The lowest BCUT2D eigenvalue weighted by Gasteiger charge is -2.14. The molecule has 1 aliphatic carbocycles. The molecule has 1 N–H and O–H groups in total. The molecule has 0 aromatic heterocycles. The molecule has 1 aliphatic rings. The molecule has 15 nitrogen and oxygen atoms in total. The highest BCUT2D eigenvalue weighted by Crippen LogP contribution is 2.44. The molecule has 0 saturated carbocycles. The van der Waals surface area contributed by atoms with Crippen LogP contribution in [0.3, 0.4) is 0 Å². The van der Waals surface area contributed by atoms with Crippen LogP contribution in [0, 0.1) is 0 Å². The quantitative estimate of drug-likeness (QED) is 0.0610. The predicted octanol–water partition coefficient (Wildman–Crippen LogP) is 3.42. The van der Waals surface area contributed by atoms with Crippen LogP contribution in [0.25, 0.3) is 11.1 Å². The summed E-state index contributed by atoms with van der Waals surface area (Å²) in [6.45, 7) is 13.1. The molecule has 0 radical (unpaired) electrons. The van der Waals surface area contributed by atoms with Crippen molar-refractivity contribution in [3.8, 4) is 11.1 Å². The lowest BCUT2D eigenvalue weighted by molar-refractivity contribution is -0.139. The van der Waals surface area contributed by atoms with Crippen molar-refractivity contribution < 1.29 is 66.4 Å². The lowest BCUT2D eigenvalue weighted by atomic mass is 9.98. The first-order valence-electron chi connectivity index (χ1n) is 18.9. The first-order chi connectivity index (χ1) is 27.2. The summed E-state index contributed by atoms with van der Waals surface area (Å²) in [7, 11) is 0. The van der Waals surface area contributed by atoms with Crippen LogP contribution in [0.5, 0.6) is 0 Å². The third-order valence-corrected chi connectivity index (χ3v) is 7.85. The van der Waals surface area contributed by atoms with Crippen molar-refractivity contribution in [1.82, 2.24) is 5.32 Å². The Kier molecular flexibility index (Phi) is 26.5. The third-order valence-electron chi connectivity index (χ3n) is 7.85. The second-order valence-electron chi connectivity index (χ2n) is 11.7. The van der Waals surface area contributed by atoms with E-state index in [2.05, 4.69) is 36.2 Å². The van der Waals surface area contributed by atoms with Crippen LogP contribution in [-0.4, -0.2) is 164 Å². The molecular weight excluding hydrogens is 718 g/mol. The van der Waals surface area contributed by atoms with Gasteiger partial charge in [0.2, 0.25) is 0 Å². The molecule has 0 spiro atoms. The number of amides is 1. The number of hydrogen-bond donors (Lipinski definition) is 1. The van der Waals surface area contributed by atoms with Gasteiger partial charge in [0.15, 0.2) is 0 Å². The Morgan fingerprint density at radius 2 is 0.800 bits per heavy atom. The van der Waals surface area contributed by atoms with Crippen LogP contribution < -0.4 is 5.32 Å². The summed E-state index contributed by atoms with van der Waals surface area (Å²) in [6, 6.07) is 16.5. The van der Waals surface area contributed by atoms with Gasteiger partial charge in [-0.1, -0.05) is 55.1 Å². The van der Waals surface area contributed by atoms with Gasteiger partial charge < -0.3 is 62.2 Å². The van der Waals surface area contributed by atoms with Crippen LogP contribution in [0.2, 0.25) is 0 Å². The Labute approximate surface area is 324 Å². The van der Waals surface area contributed by atoms with E-state index in [1.165, 1.54) is 22.3 Å². The van der Waals surface area contributed by atoms with Crippen LogP contribution in [0.1, 0.15) is 17.0 Å². The van der Waals surface area contributed by atoms with E-state index in [9.17, 15) is 9.59 Å². The summed E-state index contributed by atoms with van der Waals surface area (Å²) < 4.78 is 64.9. The van der Waals surface area contributed by atoms with Gasteiger partial charge in [-0.25, -0.2) is 9.59 Å². The molecule has 308 valence electrons. The number of nitrogens with one attached hydrogen (secondary N) is 1. The van der Waals surface area contributed by atoms with Gasteiger partial charge in [0.05, 0.1) is 132 Å². The number of carbonyl (C=O) groups excluding carboxylic acids is 2. The van der Waals surface area contributed by atoms with E-state index in [4.69, 9.17) is 56.8 Å². The van der Waals surface area contributed by atoms with Crippen LogP contribution in [0.4, 0.5) is 4.79 Å². The van der Waals surface area contributed by atoms with Crippen molar-refractivity contribution in [2.24, 2.45) is 0 Å². The first kappa shape index (κ1) is 45.9. The number of ether oxygens (including phenoxy) is 12. The molecule has 0 fully saturated rings. The molecule has 15 heteroatoms. The Hall–Kier alpha value is -3.48. The van der Waals surface area contributed by atoms with Crippen molar-refractivity contribution >= 4 is 12.1 Å². The minimum Gasteiger partial charge on any atom is -0.460 e. The molecule has 2 aromatic carbocycles. The predicted molar refractivity (Wildman–Crippen MR) is 202 cm³/mol. The highest BCUT2D eigenvalue weighted by molar-refractivity contribution is 5.81. The van der Waals surface area contributed by atoms with Gasteiger partial charge in [-0.15, -0.1) is 0 Å². The maximum atomic E-state index is 12.2. The molecular formula is C40H59NO14. The Balaban J connectivity index is 0.946. The van der Waals surface area contributed by atoms with Gasteiger partial charge >= 0.3 is 12.1 Å². The highest BCUT2D eigenvalue weighted by atomic mass is 16.6. The van der Waals surface area contributed by atoms with Gasteiger partial charge in [-0.2, -0.15) is 0 Å². The average molecular weight is 778 g/mol. The van der Waals surface area contributed by atoms with Crippen molar-refractivity contribution in [3.63, 3.8) is 0 Å². The van der Waals surface area contributed by atoms with Gasteiger partial charge in [0.25, 0.3) is 0 Å². The standard InChI is InChI=1S/C40H59NO14/c1-2-39(42)54-32-31-53-30-29-52-28-27-51-26-25-50-24-23-49-22-21-48-20-19-47-18-17-46-16-15-45-14-13-44-12-11-41-40(43)55-33-38-36-9-5-3-7-34(36)35-8-4-6-10-37(35)38/h2-10,38H,1,11-33H2,(H,41,43). The number of rotatable bonds is 36. The van der Waals surface area contributed by atoms with E-state index in [0.29, 0.717) is 139 Å². The largest absolute Gasteiger partial charge is 0.460 e. The Morgan fingerprint density at radius 3 is 1.16 bits per heavy atom. The lowest BCUT2D eigenvalue weighted by Crippen LogP contribution is -2.29. The second-order valence-corrected chi connectivity index (χ2v) is 11.7. The normalized spacial score (nSPS) is 12.0. The number of hydrogen-bond acceptors (Lipinski definition) is 14. The number of fused-ring (bicyclic) bond motifs is 3. The minimum absolute atomic E-state index is 0.0328. The zero-order valence-corrected chi connectivity index (χ0v) is 32.0. The van der Waals surface area contributed by atoms with Gasteiger partial charge in [-0.3, -0.25) is 0 Å². The summed E-state index contributed by atoms with van der Waals surface area (Å²) in [6.07, 6.45) is 0.655. The zero-order valence-electron chi connectivity index (χ0n) is 32.0. The second kappa shape index (κ2) is 31.7. The minimum atomic E-state index is -0.464. The van der Waals surface area contributed by atoms with Crippen LogP contribution in [0.15, 0.2) is 61.2 Å². The molecule has 0 saturated heterocycles. The molecule has 55 heavy (non-hydrogen) atoms. The molecule has 0 aliphatic heterocycles. The summed E-state index contributed by atoms with van der Waals surface area (Å²) in [5, 5.41) is 2.74.